The fraction of sp³-hybridized carbons (Fsp3) is 0.444. The number of hydrogen-bond donors (Lipinski definition) is 3. The van der Waals surface area contributed by atoms with E-state index >= 15 is 0 Å². The van der Waals surface area contributed by atoms with Gasteiger partial charge in [0.1, 0.15) is 12.2 Å². The SMILES string of the molecule is C[NH+](Cc1c(C(=O)N/N=C\c2cccs2)nnn1-c1nonc1N)C1CCCCC1. The van der Waals surface area contributed by atoms with E-state index in [0.717, 1.165) is 17.7 Å². The van der Waals surface area contributed by atoms with Gasteiger partial charge in [0.05, 0.1) is 19.3 Å². The van der Waals surface area contributed by atoms with Crippen LogP contribution < -0.4 is 16.1 Å². The standard InChI is InChI=1S/C18H23N9O2S/c1-26(12-6-3-2-4-7-12)11-14-15(18(28)22-20-10-13-8-5-9-30-13)21-25-27(14)17-16(19)23-29-24-17/h5,8-10,12H,2-4,6-7,11H2,1H3,(H2,19,23)(H,22,28)/p+1/b20-10-. The average Bonchev–Trinajstić information content (AvgIpc) is 3.50. The predicted molar refractivity (Wildman–Crippen MR) is 110 cm³/mol. The van der Waals surface area contributed by atoms with Crippen LogP contribution in [-0.2, 0) is 6.54 Å². The molecular formula is C18H24N9O2S+. The van der Waals surface area contributed by atoms with E-state index in [1.165, 1.54) is 40.2 Å². The Bertz CT molecular complexity index is 1000. The second kappa shape index (κ2) is 9.13. The number of hydrazone groups is 1. The van der Waals surface area contributed by atoms with E-state index in [2.05, 4.69) is 38.2 Å². The van der Waals surface area contributed by atoms with Crippen LogP contribution in [-0.4, -0.2) is 50.5 Å². The molecule has 12 heteroatoms. The summed E-state index contributed by atoms with van der Waals surface area (Å²) in [4.78, 5) is 15.0. The molecule has 1 amide bonds. The van der Waals surface area contributed by atoms with E-state index in [9.17, 15) is 4.79 Å². The molecule has 1 fully saturated rings. The fourth-order valence-corrected chi connectivity index (χ4v) is 4.31. The highest BCUT2D eigenvalue weighted by atomic mass is 32.1. The zero-order chi connectivity index (χ0) is 20.9. The smallest absolute Gasteiger partial charge is 0.294 e. The fourth-order valence-electron chi connectivity index (χ4n) is 3.72. The van der Waals surface area contributed by atoms with E-state index in [4.69, 9.17) is 10.4 Å². The third-order valence-corrected chi connectivity index (χ3v) is 6.13. The molecule has 1 unspecified atom stereocenters. The number of carbonyl (C=O) groups is 1. The topological polar surface area (TPSA) is 142 Å². The van der Waals surface area contributed by atoms with Crippen molar-refractivity contribution in [3.05, 3.63) is 33.8 Å². The predicted octanol–water partition coefficient (Wildman–Crippen LogP) is 0.405. The van der Waals surface area contributed by atoms with Crippen molar-refractivity contribution in [2.24, 2.45) is 5.10 Å². The van der Waals surface area contributed by atoms with Crippen molar-refractivity contribution in [2.75, 3.05) is 12.8 Å². The second-order valence-corrected chi connectivity index (χ2v) is 8.32. The van der Waals surface area contributed by atoms with Gasteiger partial charge in [0.15, 0.2) is 5.69 Å². The lowest BCUT2D eigenvalue weighted by molar-refractivity contribution is -0.921. The van der Waals surface area contributed by atoms with Crippen molar-refractivity contribution in [3.63, 3.8) is 0 Å². The van der Waals surface area contributed by atoms with Crippen LogP contribution in [0, 0.1) is 0 Å². The lowest BCUT2D eigenvalue weighted by Gasteiger charge is -2.28. The summed E-state index contributed by atoms with van der Waals surface area (Å²) in [7, 11) is 2.12. The maximum Gasteiger partial charge on any atom is 0.294 e. The minimum Gasteiger partial charge on any atom is -0.378 e. The second-order valence-electron chi connectivity index (χ2n) is 7.34. The first-order valence-corrected chi connectivity index (χ1v) is 10.7. The first-order chi connectivity index (χ1) is 14.6. The van der Waals surface area contributed by atoms with Gasteiger partial charge in [-0.05, 0) is 47.4 Å². The third kappa shape index (κ3) is 4.39. The minimum absolute atomic E-state index is 0.0825. The maximum atomic E-state index is 12.8. The molecular weight excluding hydrogens is 406 g/mol. The molecule has 3 aromatic heterocycles. The molecule has 4 N–H and O–H groups in total. The van der Waals surface area contributed by atoms with Gasteiger partial charge in [0.2, 0.25) is 11.6 Å². The van der Waals surface area contributed by atoms with Gasteiger partial charge in [0.25, 0.3) is 5.91 Å². The molecule has 30 heavy (non-hydrogen) atoms. The van der Waals surface area contributed by atoms with Crippen LogP contribution in [0.4, 0.5) is 5.82 Å². The quantitative estimate of drug-likeness (QED) is 0.364. The van der Waals surface area contributed by atoms with E-state index in [0.29, 0.717) is 18.3 Å². The lowest BCUT2D eigenvalue weighted by Crippen LogP contribution is -3.11. The van der Waals surface area contributed by atoms with E-state index < -0.39 is 5.91 Å². The Kier molecular flexibility index (Phi) is 6.14. The number of nitrogens with zero attached hydrogens (tertiary/aromatic N) is 6. The Morgan fingerprint density at radius 1 is 1.43 bits per heavy atom. The average molecular weight is 431 g/mol. The van der Waals surface area contributed by atoms with E-state index in [1.54, 1.807) is 6.21 Å². The molecule has 0 aromatic carbocycles. The summed E-state index contributed by atoms with van der Waals surface area (Å²) in [5.41, 5.74) is 9.14. The van der Waals surface area contributed by atoms with Gasteiger partial charge in [-0.2, -0.15) is 9.78 Å². The number of anilines is 1. The maximum absolute atomic E-state index is 12.8. The normalized spacial score (nSPS) is 16.2. The van der Waals surface area contributed by atoms with Crippen molar-refractivity contribution in [2.45, 2.75) is 44.7 Å². The van der Waals surface area contributed by atoms with Crippen LogP contribution >= 0.6 is 11.3 Å². The molecule has 0 bridgehead atoms. The zero-order valence-corrected chi connectivity index (χ0v) is 17.4. The Balaban J connectivity index is 1.58. The Morgan fingerprint density at radius 2 is 2.27 bits per heavy atom. The summed E-state index contributed by atoms with van der Waals surface area (Å²) in [5.74, 6) is -0.148. The first kappa shape index (κ1) is 20.2. The molecule has 3 heterocycles. The third-order valence-electron chi connectivity index (χ3n) is 5.32. The van der Waals surface area contributed by atoms with Crippen LogP contribution in [0.1, 0.15) is 53.2 Å². The molecule has 1 aliphatic rings. The summed E-state index contributed by atoms with van der Waals surface area (Å²) in [6.45, 7) is 0.529. The molecule has 4 rings (SSSR count). The van der Waals surface area contributed by atoms with Gasteiger partial charge >= 0.3 is 0 Å². The number of nitrogens with one attached hydrogen (secondary N) is 2. The number of thiophene rings is 1. The molecule has 1 atom stereocenters. The number of rotatable bonds is 7. The van der Waals surface area contributed by atoms with Gasteiger partial charge in [-0.1, -0.05) is 17.7 Å². The summed E-state index contributed by atoms with van der Waals surface area (Å²) < 4.78 is 6.14. The Labute approximate surface area is 176 Å². The number of nitrogens with two attached hydrogens (primary N) is 1. The highest BCUT2D eigenvalue weighted by Crippen LogP contribution is 2.18. The van der Waals surface area contributed by atoms with Gasteiger partial charge in [-0.3, -0.25) is 4.79 Å². The molecule has 3 aromatic rings. The summed E-state index contributed by atoms with van der Waals surface area (Å²) in [6, 6.07) is 4.34. The van der Waals surface area contributed by atoms with Crippen LogP contribution in [0.25, 0.3) is 5.82 Å². The number of nitrogen functional groups attached to an aromatic ring is 1. The van der Waals surface area contributed by atoms with Gasteiger partial charge in [0, 0.05) is 4.88 Å². The van der Waals surface area contributed by atoms with Crippen LogP contribution in [0.5, 0.6) is 0 Å². The Morgan fingerprint density at radius 3 is 2.97 bits per heavy atom. The van der Waals surface area contributed by atoms with Crippen molar-refractivity contribution < 1.29 is 14.3 Å². The number of amides is 1. The molecule has 1 saturated carbocycles. The Hall–Kier alpha value is -3.12. The lowest BCUT2D eigenvalue weighted by atomic mass is 9.94. The van der Waals surface area contributed by atoms with E-state index in [1.807, 2.05) is 17.5 Å². The van der Waals surface area contributed by atoms with Crippen LogP contribution in [0.15, 0.2) is 27.2 Å². The van der Waals surface area contributed by atoms with Crippen LogP contribution in [0.2, 0.25) is 0 Å². The molecule has 0 spiro atoms. The number of hydrogen-bond acceptors (Lipinski definition) is 9. The number of quaternary nitrogens is 1. The summed E-state index contributed by atoms with van der Waals surface area (Å²) in [6.07, 6.45) is 7.64. The van der Waals surface area contributed by atoms with Crippen molar-refractivity contribution in [1.82, 2.24) is 30.7 Å². The molecule has 0 aliphatic heterocycles. The zero-order valence-electron chi connectivity index (χ0n) is 16.6. The minimum atomic E-state index is -0.449. The molecule has 11 nitrogen and oxygen atoms in total. The monoisotopic (exact) mass is 430 g/mol. The van der Waals surface area contributed by atoms with Gasteiger partial charge < -0.3 is 10.6 Å². The molecule has 0 radical (unpaired) electrons. The largest absolute Gasteiger partial charge is 0.378 e. The van der Waals surface area contributed by atoms with Crippen molar-refractivity contribution in [3.8, 4) is 5.82 Å². The molecule has 1 aliphatic carbocycles. The van der Waals surface area contributed by atoms with Gasteiger partial charge in [-0.15, -0.1) is 16.4 Å². The highest BCUT2D eigenvalue weighted by Gasteiger charge is 2.29. The summed E-state index contributed by atoms with van der Waals surface area (Å²) >= 11 is 1.53. The highest BCUT2D eigenvalue weighted by molar-refractivity contribution is 7.11. The molecule has 0 saturated heterocycles. The molecule has 158 valence electrons. The number of carbonyl (C=O) groups excluding carboxylic acids is 1. The van der Waals surface area contributed by atoms with Crippen molar-refractivity contribution >= 4 is 29.3 Å². The van der Waals surface area contributed by atoms with Crippen LogP contribution in [0.3, 0.4) is 0 Å². The van der Waals surface area contributed by atoms with Crippen molar-refractivity contribution in [1.29, 1.82) is 0 Å². The number of aromatic nitrogens is 5. The first-order valence-electron chi connectivity index (χ1n) is 9.85. The van der Waals surface area contributed by atoms with Gasteiger partial charge in [-0.25, -0.2) is 10.1 Å². The summed E-state index contributed by atoms with van der Waals surface area (Å²) in [5, 5.41) is 21.6. The van der Waals surface area contributed by atoms with E-state index in [-0.39, 0.29) is 17.3 Å².